The van der Waals surface area contributed by atoms with Crippen molar-refractivity contribution in [3.05, 3.63) is 0 Å². The molecule has 1 nitrogen and oxygen atoms in total. The summed E-state index contributed by atoms with van der Waals surface area (Å²) in [5, 5.41) is 3.02. The van der Waals surface area contributed by atoms with Crippen molar-refractivity contribution < 1.29 is 0 Å². The molecule has 0 aliphatic rings. The molecular weight excluding hydrogens is 86.1 g/mol. The minimum absolute atomic E-state index is 1.14. The Morgan fingerprint density at radius 1 is 1.29 bits per heavy atom. The highest BCUT2D eigenvalue weighted by Crippen LogP contribution is 1.62. The van der Waals surface area contributed by atoms with E-state index in [2.05, 4.69) is 12.2 Å². The first-order valence-corrected chi connectivity index (χ1v) is 3.06. The van der Waals surface area contributed by atoms with E-state index in [4.69, 9.17) is 0 Å². The van der Waals surface area contributed by atoms with Gasteiger partial charge in [-0.05, 0) is 20.0 Å². The Hall–Kier alpha value is -0.0400. The minimum Gasteiger partial charge on any atom is -0.320 e. The van der Waals surface area contributed by atoms with Crippen molar-refractivity contribution in [1.29, 1.82) is 0 Å². The monoisotopic (exact) mass is 103 g/mol. The topological polar surface area (TPSA) is 12.0 Å². The van der Waals surface area contributed by atoms with E-state index in [0.717, 1.165) is 6.54 Å². The van der Waals surface area contributed by atoms with Gasteiger partial charge in [-0.3, -0.25) is 0 Å². The van der Waals surface area contributed by atoms with Gasteiger partial charge in [0.2, 0.25) is 0 Å². The van der Waals surface area contributed by atoms with Crippen molar-refractivity contribution in [3.8, 4) is 0 Å². The van der Waals surface area contributed by atoms with Gasteiger partial charge in [0.15, 0.2) is 0 Å². The van der Waals surface area contributed by atoms with Crippen molar-refractivity contribution in [2.45, 2.75) is 27.2 Å². The van der Waals surface area contributed by atoms with Crippen LogP contribution in [0.25, 0.3) is 0 Å². The normalized spacial score (nSPS) is 6.86. The average molecular weight is 103 g/mol. The molecule has 0 unspecified atom stereocenters. The molecule has 0 aliphatic heterocycles. The highest BCUT2D eigenvalue weighted by molar-refractivity contribution is 4.28. The van der Waals surface area contributed by atoms with Crippen LogP contribution in [0.3, 0.4) is 0 Å². The molecule has 46 valence electrons. The standard InChI is InChI=1S/C4H11N.C2H6/c1-3-4-5-2;1-2/h5H,3-4H2,1-2H3;1-2H3. The van der Waals surface area contributed by atoms with Crippen molar-refractivity contribution in [2.75, 3.05) is 13.6 Å². The molecule has 0 radical (unpaired) electrons. The van der Waals surface area contributed by atoms with Gasteiger partial charge in [0.25, 0.3) is 0 Å². The van der Waals surface area contributed by atoms with E-state index in [-0.39, 0.29) is 0 Å². The zero-order valence-electron chi connectivity index (χ0n) is 5.91. The lowest BCUT2D eigenvalue weighted by molar-refractivity contribution is 0.772. The van der Waals surface area contributed by atoms with Gasteiger partial charge in [-0.15, -0.1) is 0 Å². The Balaban J connectivity index is 0. The zero-order valence-corrected chi connectivity index (χ0v) is 5.91. The summed E-state index contributed by atoms with van der Waals surface area (Å²) in [5.41, 5.74) is 0. The van der Waals surface area contributed by atoms with E-state index in [0.29, 0.717) is 0 Å². The molecule has 7 heavy (non-hydrogen) atoms. The second-order valence-corrected chi connectivity index (χ2v) is 1.10. The molecule has 0 saturated carbocycles. The first-order valence-electron chi connectivity index (χ1n) is 3.06. The van der Waals surface area contributed by atoms with Gasteiger partial charge in [-0.25, -0.2) is 0 Å². The smallest absolute Gasteiger partial charge is 0.00546 e. The SMILES string of the molecule is CC.CCCNC. The fraction of sp³-hybridized carbons (Fsp3) is 1.00. The second-order valence-electron chi connectivity index (χ2n) is 1.10. The number of rotatable bonds is 2. The maximum absolute atomic E-state index is 3.02. The van der Waals surface area contributed by atoms with E-state index >= 15 is 0 Å². The fourth-order valence-corrected chi connectivity index (χ4v) is 0.250. The Labute approximate surface area is 47.1 Å². The van der Waals surface area contributed by atoms with Crippen LogP contribution >= 0.6 is 0 Å². The summed E-state index contributed by atoms with van der Waals surface area (Å²) in [7, 11) is 1.96. The van der Waals surface area contributed by atoms with Crippen LogP contribution in [0.5, 0.6) is 0 Å². The first kappa shape index (κ1) is 10.0. The Morgan fingerprint density at radius 3 is 1.71 bits per heavy atom. The summed E-state index contributed by atoms with van der Waals surface area (Å²) in [4.78, 5) is 0. The fourth-order valence-electron chi connectivity index (χ4n) is 0.250. The van der Waals surface area contributed by atoms with Crippen LogP contribution < -0.4 is 5.32 Å². The molecule has 1 heteroatoms. The Morgan fingerprint density at radius 2 is 1.71 bits per heavy atom. The van der Waals surface area contributed by atoms with Gasteiger partial charge in [-0.2, -0.15) is 0 Å². The summed E-state index contributed by atoms with van der Waals surface area (Å²) >= 11 is 0. The van der Waals surface area contributed by atoms with Crippen molar-refractivity contribution >= 4 is 0 Å². The van der Waals surface area contributed by atoms with E-state index in [9.17, 15) is 0 Å². The quantitative estimate of drug-likeness (QED) is 0.560. The highest BCUT2D eigenvalue weighted by atomic mass is 14.8. The number of hydrogen-bond acceptors (Lipinski definition) is 1. The minimum atomic E-state index is 1.14. The van der Waals surface area contributed by atoms with Gasteiger partial charge >= 0.3 is 0 Å². The van der Waals surface area contributed by atoms with Crippen molar-refractivity contribution in [2.24, 2.45) is 0 Å². The van der Waals surface area contributed by atoms with E-state index in [1.54, 1.807) is 0 Å². The van der Waals surface area contributed by atoms with Crippen LogP contribution in [0.2, 0.25) is 0 Å². The molecule has 0 amide bonds. The molecule has 0 atom stereocenters. The summed E-state index contributed by atoms with van der Waals surface area (Å²) in [6, 6.07) is 0. The second kappa shape index (κ2) is 16.7. The van der Waals surface area contributed by atoms with Crippen LogP contribution in [-0.2, 0) is 0 Å². The largest absolute Gasteiger partial charge is 0.320 e. The van der Waals surface area contributed by atoms with Gasteiger partial charge < -0.3 is 5.32 Å². The first-order chi connectivity index (χ1) is 3.41. The zero-order chi connectivity index (χ0) is 6.12. The molecule has 0 aromatic heterocycles. The molecule has 0 fully saturated rings. The van der Waals surface area contributed by atoms with E-state index in [1.165, 1.54) is 6.42 Å². The van der Waals surface area contributed by atoms with Gasteiger partial charge in [-0.1, -0.05) is 20.8 Å². The lowest BCUT2D eigenvalue weighted by Crippen LogP contribution is -2.04. The maximum Gasteiger partial charge on any atom is -0.00546 e. The molecule has 0 bridgehead atoms. The number of hydrogen-bond donors (Lipinski definition) is 1. The Bertz CT molecular complexity index is 11.7. The molecule has 0 saturated heterocycles. The lowest BCUT2D eigenvalue weighted by atomic mass is 10.5. The average Bonchev–Trinajstić information content (AvgIpc) is 1.75. The van der Waals surface area contributed by atoms with Crippen LogP contribution in [0.1, 0.15) is 27.2 Å². The Kier molecular flexibility index (Phi) is 24.0. The number of nitrogens with one attached hydrogen (secondary N) is 1. The lowest BCUT2D eigenvalue weighted by Gasteiger charge is -1.84. The molecule has 1 N–H and O–H groups in total. The predicted octanol–water partition coefficient (Wildman–Crippen LogP) is 1.64. The molecule has 0 heterocycles. The van der Waals surface area contributed by atoms with Crippen LogP contribution in [0.4, 0.5) is 0 Å². The highest BCUT2D eigenvalue weighted by Gasteiger charge is 1.64. The molecule has 0 spiro atoms. The molecule has 0 aliphatic carbocycles. The third-order valence-corrected chi connectivity index (χ3v) is 0.500. The summed E-state index contributed by atoms with van der Waals surface area (Å²) < 4.78 is 0. The molecule has 0 aromatic carbocycles. The van der Waals surface area contributed by atoms with Crippen LogP contribution in [-0.4, -0.2) is 13.6 Å². The van der Waals surface area contributed by atoms with E-state index < -0.39 is 0 Å². The summed E-state index contributed by atoms with van der Waals surface area (Å²) in [6.45, 7) is 7.29. The molecule has 0 rings (SSSR count). The van der Waals surface area contributed by atoms with Gasteiger partial charge in [0, 0.05) is 0 Å². The van der Waals surface area contributed by atoms with Crippen molar-refractivity contribution in [1.82, 2.24) is 5.32 Å². The molecular formula is C6H17N. The van der Waals surface area contributed by atoms with E-state index in [1.807, 2.05) is 20.9 Å². The third kappa shape index (κ3) is 24.3. The van der Waals surface area contributed by atoms with Crippen LogP contribution in [0.15, 0.2) is 0 Å². The maximum atomic E-state index is 3.02. The predicted molar refractivity (Wildman–Crippen MR) is 35.6 cm³/mol. The van der Waals surface area contributed by atoms with Crippen LogP contribution in [0, 0.1) is 0 Å². The molecule has 0 aromatic rings. The third-order valence-electron chi connectivity index (χ3n) is 0.500. The van der Waals surface area contributed by atoms with Gasteiger partial charge in [0.1, 0.15) is 0 Å². The van der Waals surface area contributed by atoms with Gasteiger partial charge in [0.05, 0.1) is 0 Å². The van der Waals surface area contributed by atoms with Crippen molar-refractivity contribution in [3.63, 3.8) is 0 Å². The summed E-state index contributed by atoms with van der Waals surface area (Å²) in [6.07, 6.45) is 1.23. The summed E-state index contributed by atoms with van der Waals surface area (Å²) in [5.74, 6) is 0.